The fourth-order valence-corrected chi connectivity index (χ4v) is 3.22. The number of piperidine rings is 1. The van der Waals surface area contributed by atoms with Gasteiger partial charge in [-0.05, 0) is 31.5 Å². The van der Waals surface area contributed by atoms with E-state index in [1.807, 2.05) is 30.3 Å². The van der Waals surface area contributed by atoms with Crippen LogP contribution in [0.2, 0.25) is 0 Å². The Bertz CT molecular complexity index is 718. The third-order valence-electron chi connectivity index (χ3n) is 4.49. The van der Waals surface area contributed by atoms with Crippen LogP contribution in [0.4, 0.5) is 8.78 Å². The molecular weight excluding hydrogens is 324 g/mol. The van der Waals surface area contributed by atoms with Crippen molar-refractivity contribution in [2.75, 3.05) is 19.6 Å². The average Bonchev–Trinajstić information content (AvgIpc) is 2.63. The lowest BCUT2D eigenvalue weighted by atomic mass is 10.0. The number of carbonyl (C=O) groups excluding carboxylic acids is 1. The van der Waals surface area contributed by atoms with Crippen molar-refractivity contribution in [3.05, 3.63) is 65.5 Å². The maximum atomic E-state index is 13.7. The number of hydrogen-bond donors (Lipinski definition) is 1. The van der Waals surface area contributed by atoms with Gasteiger partial charge in [-0.1, -0.05) is 36.8 Å². The zero-order valence-corrected chi connectivity index (χ0v) is 13.9. The molecule has 0 bridgehead atoms. The Kier molecular flexibility index (Phi) is 5.71. The molecule has 1 N–H and O–H groups in total. The molecule has 4 nitrogen and oxygen atoms in total. The SMILES string of the molecule is O=C(NCC(c1ccccc1)N1CCCCC1)c1ncc(F)cc1F. The highest BCUT2D eigenvalue weighted by Crippen LogP contribution is 2.24. The first-order chi connectivity index (χ1) is 12.1. The summed E-state index contributed by atoms with van der Waals surface area (Å²) in [6, 6.07) is 10.6. The molecule has 3 rings (SSSR count). The quantitative estimate of drug-likeness (QED) is 0.904. The normalized spacial score (nSPS) is 16.4. The monoisotopic (exact) mass is 345 g/mol. The van der Waals surface area contributed by atoms with Crippen LogP contribution >= 0.6 is 0 Å². The van der Waals surface area contributed by atoms with Crippen LogP contribution in [-0.2, 0) is 0 Å². The van der Waals surface area contributed by atoms with E-state index < -0.39 is 17.5 Å². The van der Waals surface area contributed by atoms with E-state index in [1.54, 1.807) is 0 Å². The second-order valence-corrected chi connectivity index (χ2v) is 6.22. The van der Waals surface area contributed by atoms with Crippen molar-refractivity contribution in [3.63, 3.8) is 0 Å². The lowest BCUT2D eigenvalue weighted by molar-refractivity contribution is 0.0915. The van der Waals surface area contributed by atoms with Crippen LogP contribution in [0.25, 0.3) is 0 Å². The van der Waals surface area contributed by atoms with Gasteiger partial charge in [0.1, 0.15) is 5.82 Å². The van der Waals surface area contributed by atoms with Gasteiger partial charge < -0.3 is 5.32 Å². The number of aromatic nitrogens is 1. The predicted molar refractivity (Wildman–Crippen MR) is 91.1 cm³/mol. The molecule has 2 aromatic rings. The number of rotatable bonds is 5. The largest absolute Gasteiger partial charge is 0.349 e. The van der Waals surface area contributed by atoms with Crippen LogP contribution < -0.4 is 5.32 Å². The Hall–Kier alpha value is -2.34. The number of likely N-dealkylation sites (tertiary alicyclic amines) is 1. The number of carbonyl (C=O) groups is 1. The van der Waals surface area contributed by atoms with Crippen molar-refractivity contribution in [1.29, 1.82) is 0 Å². The number of benzene rings is 1. The first kappa shape index (κ1) is 17.5. The molecule has 1 aliphatic heterocycles. The molecule has 0 saturated carbocycles. The Labute approximate surface area is 145 Å². The lowest BCUT2D eigenvalue weighted by Crippen LogP contribution is -2.41. The van der Waals surface area contributed by atoms with E-state index in [1.165, 1.54) is 6.42 Å². The zero-order chi connectivity index (χ0) is 17.6. The number of hydrogen-bond acceptors (Lipinski definition) is 3. The number of nitrogens with zero attached hydrogens (tertiary/aromatic N) is 2. The van der Waals surface area contributed by atoms with Crippen LogP contribution in [0.1, 0.15) is 41.4 Å². The van der Waals surface area contributed by atoms with Crippen molar-refractivity contribution in [2.24, 2.45) is 0 Å². The van der Waals surface area contributed by atoms with Gasteiger partial charge in [0, 0.05) is 12.6 Å². The molecule has 132 valence electrons. The van der Waals surface area contributed by atoms with E-state index in [4.69, 9.17) is 0 Å². The van der Waals surface area contributed by atoms with Gasteiger partial charge in [0.2, 0.25) is 0 Å². The van der Waals surface area contributed by atoms with Crippen LogP contribution in [-0.4, -0.2) is 35.4 Å². The highest BCUT2D eigenvalue weighted by molar-refractivity contribution is 5.92. The second kappa shape index (κ2) is 8.16. The van der Waals surface area contributed by atoms with Crippen molar-refractivity contribution >= 4 is 5.91 Å². The molecule has 1 atom stereocenters. The molecule has 1 aliphatic rings. The van der Waals surface area contributed by atoms with E-state index in [0.29, 0.717) is 12.6 Å². The predicted octanol–water partition coefficient (Wildman–Crippen LogP) is 3.32. The molecule has 2 heterocycles. The van der Waals surface area contributed by atoms with Crippen LogP contribution in [0.5, 0.6) is 0 Å². The molecule has 1 fully saturated rings. The van der Waals surface area contributed by atoms with Crippen LogP contribution in [0.3, 0.4) is 0 Å². The minimum atomic E-state index is -0.952. The fourth-order valence-electron chi connectivity index (χ4n) is 3.22. The second-order valence-electron chi connectivity index (χ2n) is 6.22. The molecule has 1 aromatic carbocycles. The highest BCUT2D eigenvalue weighted by Gasteiger charge is 2.23. The Morgan fingerprint density at radius 2 is 1.88 bits per heavy atom. The summed E-state index contributed by atoms with van der Waals surface area (Å²) in [5, 5.41) is 2.75. The summed E-state index contributed by atoms with van der Waals surface area (Å²) in [6.45, 7) is 2.29. The van der Waals surface area contributed by atoms with Gasteiger partial charge in [-0.25, -0.2) is 13.8 Å². The van der Waals surface area contributed by atoms with Gasteiger partial charge in [-0.3, -0.25) is 9.69 Å². The van der Waals surface area contributed by atoms with Gasteiger partial charge in [0.15, 0.2) is 11.5 Å². The standard InChI is InChI=1S/C19H21F2N3O/c20-15-11-16(21)18(22-12-15)19(25)23-13-17(14-7-3-1-4-8-14)24-9-5-2-6-10-24/h1,3-4,7-8,11-12,17H,2,5-6,9-10,13H2,(H,23,25). The van der Waals surface area contributed by atoms with E-state index in [0.717, 1.165) is 37.7 Å². The maximum Gasteiger partial charge on any atom is 0.273 e. The first-order valence-electron chi connectivity index (χ1n) is 8.53. The maximum absolute atomic E-state index is 13.7. The third kappa shape index (κ3) is 4.39. The molecule has 1 aromatic heterocycles. The molecule has 1 amide bonds. The summed E-state index contributed by atoms with van der Waals surface area (Å²) in [5.74, 6) is -2.38. The van der Waals surface area contributed by atoms with E-state index in [2.05, 4.69) is 15.2 Å². The van der Waals surface area contributed by atoms with Gasteiger partial charge in [0.05, 0.1) is 12.2 Å². The Morgan fingerprint density at radius 1 is 1.16 bits per heavy atom. The molecule has 0 spiro atoms. The summed E-state index contributed by atoms with van der Waals surface area (Å²) >= 11 is 0. The van der Waals surface area contributed by atoms with E-state index in [9.17, 15) is 13.6 Å². The number of pyridine rings is 1. The fraction of sp³-hybridized carbons (Fsp3) is 0.368. The van der Waals surface area contributed by atoms with E-state index >= 15 is 0 Å². The average molecular weight is 345 g/mol. The van der Waals surface area contributed by atoms with Crippen molar-refractivity contribution < 1.29 is 13.6 Å². The van der Waals surface area contributed by atoms with Crippen molar-refractivity contribution in [1.82, 2.24) is 15.2 Å². The van der Waals surface area contributed by atoms with Crippen LogP contribution in [0.15, 0.2) is 42.6 Å². The summed E-state index contributed by atoms with van der Waals surface area (Å²) in [4.78, 5) is 18.1. The summed E-state index contributed by atoms with van der Waals surface area (Å²) in [5.41, 5.74) is 0.726. The summed E-state index contributed by atoms with van der Waals surface area (Å²) < 4.78 is 26.7. The minimum Gasteiger partial charge on any atom is -0.349 e. The van der Waals surface area contributed by atoms with Crippen molar-refractivity contribution in [2.45, 2.75) is 25.3 Å². The number of halogens is 2. The molecule has 1 unspecified atom stereocenters. The lowest BCUT2D eigenvalue weighted by Gasteiger charge is -2.35. The van der Waals surface area contributed by atoms with Crippen molar-refractivity contribution in [3.8, 4) is 0 Å². The third-order valence-corrected chi connectivity index (χ3v) is 4.49. The molecule has 25 heavy (non-hydrogen) atoms. The Balaban J connectivity index is 1.72. The smallest absolute Gasteiger partial charge is 0.273 e. The number of nitrogens with one attached hydrogen (secondary N) is 1. The van der Waals surface area contributed by atoms with E-state index in [-0.39, 0.29) is 11.7 Å². The molecule has 1 saturated heterocycles. The summed E-state index contributed by atoms with van der Waals surface area (Å²) in [6.07, 6.45) is 4.32. The highest BCUT2D eigenvalue weighted by atomic mass is 19.1. The molecule has 0 aliphatic carbocycles. The summed E-state index contributed by atoms with van der Waals surface area (Å²) in [7, 11) is 0. The molecule has 6 heteroatoms. The minimum absolute atomic E-state index is 0.0222. The molecular formula is C19H21F2N3O. The molecule has 0 radical (unpaired) electrons. The topological polar surface area (TPSA) is 45.2 Å². The van der Waals surface area contributed by atoms with Gasteiger partial charge >= 0.3 is 0 Å². The number of amides is 1. The zero-order valence-electron chi connectivity index (χ0n) is 13.9. The van der Waals surface area contributed by atoms with Gasteiger partial charge in [-0.15, -0.1) is 0 Å². The Morgan fingerprint density at radius 3 is 2.56 bits per heavy atom. The van der Waals surface area contributed by atoms with Gasteiger partial charge in [-0.2, -0.15) is 0 Å². The first-order valence-corrected chi connectivity index (χ1v) is 8.53. The van der Waals surface area contributed by atoms with Gasteiger partial charge in [0.25, 0.3) is 5.91 Å². The van der Waals surface area contributed by atoms with Crippen LogP contribution in [0, 0.1) is 11.6 Å².